The number of sulfonamides is 1. The Kier molecular flexibility index (Phi) is 11.6. The molecule has 0 aliphatic heterocycles. The molecule has 46 heavy (non-hydrogen) atoms. The third-order valence-corrected chi connectivity index (χ3v) is 9.14. The van der Waals surface area contributed by atoms with E-state index in [-0.39, 0.29) is 16.9 Å². The summed E-state index contributed by atoms with van der Waals surface area (Å²) in [6.07, 6.45) is -2.38. The first kappa shape index (κ1) is 35.5. The number of nitrogens with one attached hydrogen (secondary N) is 4. The Morgan fingerprint density at radius 1 is 0.957 bits per heavy atom. The van der Waals surface area contributed by atoms with Crippen LogP contribution in [0.5, 0.6) is 5.75 Å². The van der Waals surface area contributed by atoms with E-state index in [2.05, 4.69) is 51.3 Å². The smallest absolute Gasteiger partial charge is 0.444 e. The molecule has 0 spiro atoms. The number of amides is 1. The molecule has 4 N–H and O–H groups in total. The van der Waals surface area contributed by atoms with Crippen molar-refractivity contribution in [2.24, 2.45) is 11.8 Å². The third-order valence-electron chi connectivity index (χ3n) is 7.19. The van der Waals surface area contributed by atoms with Gasteiger partial charge in [-0.2, -0.15) is 4.98 Å². The molecule has 252 valence electrons. The fourth-order valence-electron chi connectivity index (χ4n) is 5.04. The van der Waals surface area contributed by atoms with E-state index in [4.69, 9.17) is 4.74 Å². The van der Waals surface area contributed by atoms with Crippen molar-refractivity contribution in [2.45, 2.75) is 63.3 Å². The second-order valence-corrected chi connectivity index (χ2v) is 14.7. The number of halogens is 4. The molecule has 1 aliphatic carbocycles. The summed E-state index contributed by atoms with van der Waals surface area (Å²) in [5.41, 5.74) is 0.175. The van der Waals surface area contributed by atoms with Gasteiger partial charge < -0.3 is 25.4 Å². The highest BCUT2D eigenvalue weighted by molar-refractivity contribution is 9.10. The standard InChI is InChI=1S/C30H38BrF3N6O5S/c1-29(2,3)45-28(41)36-15-14-35-26-22-6-4-5-7-23(22)39-27(40-26)37-17-19-8-10-20(11-9-19)18-38-46(42,43)25-13-12-21(31)16-24(25)44-30(32,33)34/h4-7,12-13,16,19-20,38H,8-11,14-15,17-18H2,1-3H3,(H,36,41)(H2,35,37,39,40)/t19-,20-. The lowest BCUT2D eigenvalue weighted by Crippen LogP contribution is -2.35. The fourth-order valence-corrected chi connectivity index (χ4v) is 6.60. The Hall–Kier alpha value is -3.37. The van der Waals surface area contributed by atoms with Crippen molar-refractivity contribution in [1.29, 1.82) is 0 Å². The summed E-state index contributed by atoms with van der Waals surface area (Å²) >= 11 is 3.05. The maximum atomic E-state index is 12.9. The molecular weight excluding hydrogens is 693 g/mol. The number of alkyl carbamates (subject to hydrolysis) is 1. The number of hydrogen-bond acceptors (Lipinski definition) is 9. The molecule has 4 rings (SSSR count). The quantitative estimate of drug-likeness (QED) is 0.155. The molecule has 1 aliphatic rings. The number of alkyl halides is 3. The summed E-state index contributed by atoms with van der Waals surface area (Å²) in [4.78, 5) is 20.7. The first-order chi connectivity index (χ1) is 21.6. The molecule has 0 unspecified atom stereocenters. The molecular formula is C30H38BrF3N6O5S. The van der Waals surface area contributed by atoms with E-state index in [1.807, 2.05) is 24.3 Å². The second kappa shape index (κ2) is 15.0. The van der Waals surface area contributed by atoms with Crippen LogP contribution in [-0.4, -0.2) is 62.6 Å². The molecule has 1 fully saturated rings. The van der Waals surface area contributed by atoms with Crippen LogP contribution in [0.25, 0.3) is 10.9 Å². The number of para-hydroxylation sites is 1. The first-order valence-electron chi connectivity index (χ1n) is 14.8. The van der Waals surface area contributed by atoms with Crippen LogP contribution in [0.1, 0.15) is 46.5 Å². The predicted octanol–water partition coefficient (Wildman–Crippen LogP) is 6.42. The van der Waals surface area contributed by atoms with Crippen molar-refractivity contribution >= 4 is 54.7 Å². The Bertz CT molecular complexity index is 1610. The van der Waals surface area contributed by atoms with Gasteiger partial charge in [-0.1, -0.05) is 28.1 Å². The van der Waals surface area contributed by atoms with Gasteiger partial charge >= 0.3 is 12.5 Å². The van der Waals surface area contributed by atoms with Gasteiger partial charge in [-0.3, -0.25) is 0 Å². The molecule has 11 nitrogen and oxygen atoms in total. The van der Waals surface area contributed by atoms with E-state index in [9.17, 15) is 26.4 Å². The Labute approximate surface area is 274 Å². The molecule has 1 heterocycles. The van der Waals surface area contributed by atoms with Crippen LogP contribution >= 0.6 is 15.9 Å². The van der Waals surface area contributed by atoms with Gasteiger partial charge in [0.05, 0.1) is 5.52 Å². The highest BCUT2D eigenvalue weighted by Gasteiger charge is 2.34. The SMILES string of the molecule is CC(C)(C)OC(=O)NCCNc1nc(NC[C@H]2CC[C@H](CNS(=O)(=O)c3ccc(Br)cc3OC(F)(F)F)CC2)nc2ccccc12. The Morgan fingerprint density at radius 3 is 2.30 bits per heavy atom. The molecule has 0 radical (unpaired) electrons. The number of hydrogen-bond donors (Lipinski definition) is 4. The maximum absolute atomic E-state index is 12.9. The molecule has 3 aromatic rings. The Balaban J connectivity index is 1.27. The van der Waals surface area contributed by atoms with Crippen molar-refractivity contribution in [3.8, 4) is 5.75 Å². The number of anilines is 2. The van der Waals surface area contributed by atoms with Crippen molar-refractivity contribution in [2.75, 3.05) is 36.8 Å². The zero-order valence-corrected chi connectivity index (χ0v) is 28.1. The summed E-state index contributed by atoms with van der Waals surface area (Å²) in [5.74, 6) is 0.634. The van der Waals surface area contributed by atoms with Crippen LogP contribution in [0.3, 0.4) is 0 Å². The van der Waals surface area contributed by atoms with Crippen molar-refractivity contribution in [1.82, 2.24) is 20.0 Å². The molecule has 0 bridgehead atoms. The van der Waals surface area contributed by atoms with Crippen LogP contribution in [0.2, 0.25) is 0 Å². The van der Waals surface area contributed by atoms with Crippen LogP contribution in [0, 0.1) is 11.8 Å². The summed E-state index contributed by atoms with van der Waals surface area (Å²) in [7, 11) is -4.24. The third kappa shape index (κ3) is 10.9. The van der Waals surface area contributed by atoms with Gasteiger partial charge in [-0.15, -0.1) is 13.2 Å². The molecule has 16 heteroatoms. The summed E-state index contributed by atoms with van der Waals surface area (Å²) < 4.78 is 76.3. The van der Waals surface area contributed by atoms with Crippen molar-refractivity contribution in [3.05, 3.63) is 46.9 Å². The van der Waals surface area contributed by atoms with Gasteiger partial charge in [-0.25, -0.2) is 22.9 Å². The number of carbonyl (C=O) groups is 1. The predicted molar refractivity (Wildman–Crippen MR) is 172 cm³/mol. The number of nitrogens with zero attached hydrogens (tertiary/aromatic N) is 2. The van der Waals surface area contributed by atoms with E-state index < -0.39 is 38.7 Å². The average Bonchev–Trinajstić information content (AvgIpc) is 2.96. The molecule has 0 saturated heterocycles. The molecule has 0 atom stereocenters. The number of aromatic nitrogens is 2. The fraction of sp³-hybridized carbons (Fsp3) is 0.500. The zero-order valence-electron chi connectivity index (χ0n) is 25.7. The topological polar surface area (TPSA) is 144 Å². The van der Waals surface area contributed by atoms with Gasteiger partial charge in [0, 0.05) is 36.0 Å². The minimum Gasteiger partial charge on any atom is -0.444 e. The lowest BCUT2D eigenvalue weighted by molar-refractivity contribution is -0.275. The van der Waals surface area contributed by atoms with Gasteiger partial charge in [-0.05, 0) is 88.6 Å². The highest BCUT2D eigenvalue weighted by atomic mass is 79.9. The second-order valence-electron chi connectivity index (χ2n) is 12.0. The molecule has 1 amide bonds. The monoisotopic (exact) mass is 730 g/mol. The summed E-state index contributed by atoms with van der Waals surface area (Å²) in [6.45, 7) is 6.88. The summed E-state index contributed by atoms with van der Waals surface area (Å²) in [5, 5.41) is 10.1. The van der Waals surface area contributed by atoms with Gasteiger partial charge in [0.15, 0.2) is 5.75 Å². The normalized spacial score (nSPS) is 17.4. The lowest BCUT2D eigenvalue weighted by Gasteiger charge is -2.29. The van der Waals surface area contributed by atoms with Crippen molar-refractivity contribution < 1.29 is 35.9 Å². The minimum absolute atomic E-state index is 0.0375. The van der Waals surface area contributed by atoms with E-state index in [0.29, 0.717) is 37.3 Å². The van der Waals surface area contributed by atoms with Gasteiger partial charge in [0.2, 0.25) is 16.0 Å². The van der Waals surface area contributed by atoms with Crippen LogP contribution in [0.15, 0.2) is 51.8 Å². The van der Waals surface area contributed by atoms with E-state index in [0.717, 1.165) is 48.7 Å². The number of benzene rings is 2. The highest BCUT2D eigenvalue weighted by Crippen LogP contribution is 2.33. The van der Waals surface area contributed by atoms with Crippen LogP contribution in [0.4, 0.5) is 29.7 Å². The zero-order chi connectivity index (χ0) is 33.5. The number of rotatable bonds is 12. The largest absolute Gasteiger partial charge is 0.573 e. The first-order valence-corrected chi connectivity index (χ1v) is 17.1. The van der Waals surface area contributed by atoms with Crippen LogP contribution in [-0.2, 0) is 14.8 Å². The van der Waals surface area contributed by atoms with Gasteiger partial charge in [0.25, 0.3) is 0 Å². The van der Waals surface area contributed by atoms with Crippen LogP contribution < -0.4 is 25.4 Å². The number of carbonyl (C=O) groups excluding carboxylic acids is 1. The van der Waals surface area contributed by atoms with E-state index in [1.165, 1.54) is 6.07 Å². The van der Waals surface area contributed by atoms with E-state index in [1.54, 1.807) is 20.8 Å². The Morgan fingerprint density at radius 2 is 1.63 bits per heavy atom. The van der Waals surface area contributed by atoms with Crippen molar-refractivity contribution in [3.63, 3.8) is 0 Å². The lowest BCUT2D eigenvalue weighted by atomic mass is 9.82. The average molecular weight is 732 g/mol. The maximum Gasteiger partial charge on any atom is 0.573 e. The number of ether oxygens (including phenoxy) is 2. The molecule has 1 aromatic heterocycles. The number of fused-ring (bicyclic) bond motifs is 1. The molecule has 2 aromatic carbocycles. The minimum atomic E-state index is -5.03. The summed E-state index contributed by atoms with van der Waals surface area (Å²) in [6, 6.07) is 11.0. The van der Waals surface area contributed by atoms with E-state index >= 15 is 0 Å². The molecule has 1 saturated carbocycles. The van der Waals surface area contributed by atoms with Gasteiger partial charge in [0.1, 0.15) is 16.3 Å².